The molecule has 4 rings (SSSR count). The Balaban J connectivity index is 1.65. The number of carbonyl (C=O) groups is 1. The summed E-state index contributed by atoms with van der Waals surface area (Å²) in [5, 5.41) is 3.02. The molecule has 0 saturated carbocycles. The number of amides is 2. The van der Waals surface area contributed by atoms with Crippen molar-refractivity contribution in [2.75, 3.05) is 11.9 Å². The zero-order chi connectivity index (χ0) is 17.2. The molecule has 3 heterocycles. The largest absolute Gasteiger partial charge is 0.348 e. The molecule has 1 atom stereocenters. The van der Waals surface area contributed by atoms with Crippen LogP contribution < -0.4 is 5.32 Å². The molecule has 0 bridgehead atoms. The number of rotatable bonds is 2. The number of anilines is 1. The van der Waals surface area contributed by atoms with Crippen molar-refractivity contribution in [3.63, 3.8) is 0 Å². The van der Waals surface area contributed by atoms with Gasteiger partial charge in [-0.25, -0.2) is 4.79 Å². The van der Waals surface area contributed by atoms with Crippen molar-refractivity contribution < 1.29 is 4.79 Å². The second kappa shape index (κ2) is 6.43. The molecule has 0 aliphatic carbocycles. The molecule has 5 heteroatoms. The van der Waals surface area contributed by atoms with Gasteiger partial charge >= 0.3 is 6.03 Å². The first-order chi connectivity index (χ1) is 12.2. The summed E-state index contributed by atoms with van der Waals surface area (Å²) in [6, 6.07) is 15.7. The standard InChI is InChI=1S/C20H20N4O/c1-15-6-8-17(9-7-15)22-20(25)24-13-12-23-11-3-5-18(23)19(24)16-4-2-10-21-14-16/h2-11,14,19H,12-13H2,1H3,(H,22,25)/t19-/m1/s1. The van der Waals surface area contributed by atoms with Crippen molar-refractivity contribution >= 4 is 11.7 Å². The normalized spacial score (nSPS) is 16.4. The van der Waals surface area contributed by atoms with E-state index in [0.717, 1.165) is 23.5 Å². The van der Waals surface area contributed by atoms with Gasteiger partial charge in [0.1, 0.15) is 6.04 Å². The van der Waals surface area contributed by atoms with E-state index in [4.69, 9.17) is 0 Å². The van der Waals surface area contributed by atoms with Crippen LogP contribution in [0.25, 0.3) is 0 Å². The summed E-state index contributed by atoms with van der Waals surface area (Å²) in [5.41, 5.74) is 4.10. The Hall–Kier alpha value is -3.08. The molecular formula is C20H20N4O. The highest BCUT2D eigenvalue weighted by atomic mass is 16.2. The average molecular weight is 332 g/mol. The Morgan fingerprint density at radius 2 is 1.96 bits per heavy atom. The fourth-order valence-corrected chi connectivity index (χ4v) is 3.32. The lowest BCUT2D eigenvalue weighted by Gasteiger charge is -2.37. The van der Waals surface area contributed by atoms with Crippen LogP contribution in [-0.4, -0.2) is 27.0 Å². The lowest BCUT2D eigenvalue weighted by molar-refractivity contribution is 0.181. The lowest BCUT2D eigenvalue weighted by atomic mass is 10.0. The zero-order valence-corrected chi connectivity index (χ0v) is 14.1. The maximum atomic E-state index is 13.0. The molecule has 0 spiro atoms. The van der Waals surface area contributed by atoms with Crippen molar-refractivity contribution in [1.82, 2.24) is 14.5 Å². The molecule has 25 heavy (non-hydrogen) atoms. The predicted octanol–water partition coefficient (Wildman–Crippen LogP) is 3.83. The third kappa shape index (κ3) is 3.01. The van der Waals surface area contributed by atoms with E-state index in [2.05, 4.69) is 27.1 Å². The predicted molar refractivity (Wildman–Crippen MR) is 97.4 cm³/mol. The highest BCUT2D eigenvalue weighted by Crippen LogP contribution is 2.32. The number of aromatic nitrogens is 2. The van der Waals surface area contributed by atoms with Crippen LogP contribution in [0.4, 0.5) is 10.5 Å². The molecule has 3 aromatic rings. The number of benzene rings is 1. The number of nitrogens with zero attached hydrogens (tertiary/aromatic N) is 3. The Labute approximate surface area is 146 Å². The van der Waals surface area contributed by atoms with Crippen molar-refractivity contribution in [1.29, 1.82) is 0 Å². The van der Waals surface area contributed by atoms with Gasteiger partial charge < -0.3 is 14.8 Å². The second-order valence-corrected chi connectivity index (χ2v) is 6.30. The summed E-state index contributed by atoms with van der Waals surface area (Å²) in [6.07, 6.45) is 5.65. The Morgan fingerprint density at radius 1 is 1.12 bits per heavy atom. The number of pyridine rings is 1. The molecule has 1 aliphatic heterocycles. The van der Waals surface area contributed by atoms with E-state index >= 15 is 0 Å². The summed E-state index contributed by atoms with van der Waals surface area (Å²) in [7, 11) is 0. The number of carbonyl (C=O) groups excluding carboxylic acids is 1. The first-order valence-corrected chi connectivity index (χ1v) is 8.41. The minimum atomic E-state index is -0.136. The molecule has 0 radical (unpaired) electrons. The van der Waals surface area contributed by atoms with Crippen molar-refractivity contribution in [2.45, 2.75) is 19.5 Å². The minimum absolute atomic E-state index is 0.0924. The van der Waals surface area contributed by atoms with Gasteiger partial charge in [0.2, 0.25) is 0 Å². The molecular weight excluding hydrogens is 312 g/mol. The van der Waals surface area contributed by atoms with E-state index in [-0.39, 0.29) is 12.1 Å². The van der Waals surface area contributed by atoms with Crippen LogP contribution >= 0.6 is 0 Å². The molecule has 1 N–H and O–H groups in total. The first-order valence-electron chi connectivity index (χ1n) is 8.41. The topological polar surface area (TPSA) is 50.2 Å². The van der Waals surface area contributed by atoms with Crippen LogP contribution in [0.3, 0.4) is 0 Å². The lowest BCUT2D eigenvalue weighted by Crippen LogP contribution is -2.44. The number of aryl methyl sites for hydroxylation is 1. The van der Waals surface area contributed by atoms with Crippen molar-refractivity contribution in [3.05, 3.63) is 83.9 Å². The number of nitrogens with one attached hydrogen (secondary N) is 1. The molecule has 2 amide bonds. The van der Waals surface area contributed by atoms with Gasteiger partial charge in [0.05, 0.1) is 0 Å². The molecule has 126 valence electrons. The third-order valence-electron chi connectivity index (χ3n) is 4.60. The number of urea groups is 1. The van der Waals surface area contributed by atoms with Gasteiger partial charge in [0.15, 0.2) is 0 Å². The number of fused-ring (bicyclic) bond motifs is 1. The quantitative estimate of drug-likeness (QED) is 0.775. The van der Waals surface area contributed by atoms with Gasteiger partial charge in [-0.1, -0.05) is 23.8 Å². The molecule has 1 aromatic carbocycles. The van der Waals surface area contributed by atoms with Crippen LogP contribution in [0.2, 0.25) is 0 Å². The number of hydrogen-bond acceptors (Lipinski definition) is 2. The fraction of sp³-hybridized carbons (Fsp3) is 0.200. The van der Waals surface area contributed by atoms with E-state index in [1.165, 1.54) is 5.56 Å². The molecule has 1 aliphatic rings. The van der Waals surface area contributed by atoms with Gasteiger partial charge in [-0.05, 0) is 42.8 Å². The Bertz CT molecular complexity index is 870. The zero-order valence-electron chi connectivity index (χ0n) is 14.1. The molecule has 5 nitrogen and oxygen atoms in total. The van der Waals surface area contributed by atoms with Crippen LogP contribution in [0.1, 0.15) is 22.9 Å². The van der Waals surface area contributed by atoms with Crippen LogP contribution in [0, 0.1) is 6.92 Å². The van der Waals surface area contributed by atoms with Crippen LogP contribution in [-0.2, 0) is 6.54 Å². The van der Waals surface area contributed by atoms with Gasteiger partial charge in [0.25, 0.3) is 0 Å². The van der Waals surface area contributed by atoms with E-state index < -0.39 is 0 Å². The average Bonchev–Trinajstić information content (AvgIpc) is 3.12. The van der Waals surface area contributed by atoms with Crippen molar-refractivity contribution in [3.8, 4) is 0 Å². The van der Waals surface area contributed by atoms with E-state index in [0.29, 0.717) is 6.54 Å². The highest BCUT2D eigenvalue weighted by Gasteiger charge is 2.32. The maximum absolute atomic E-state index is 13.0. The first kappa shape index (κ1) is 15.4. The van der Waals surface area contributed by atoms with E-state index in [1.54, 1.807) is 6.20 Å². The highest BCUT2D eigenvalue weighted by molar-refractivity contribution is 5.90. The minimum Gasteiger partial charge on any atom is -0.348 e. The summed E-state index contributed by atoms with van der Waals surface area (Å²) >= 11 is 0. The van der Waals surface area contributed by atoms with Gasteiger partial charge in [0, 0.05) is 43.1 Å². The summed E-state index contributed by atoms with van der Waals surface area (Å²) < 4.78 is 2.20. The summed E-state index contributed by atoms with van der Waals surface area (Å²) in [4.78, 5) is 19.1. The fourth-order valence-electron chi connectivity index (χ4n) is 3.32. The molecule has 0 unspecified atom stereocenters. The third-order valence-corrected chi connectivity index (χ3v) is 4.60. The molecule has 2 aromatic heterocycles. The van der Waals surface area contributed by atoms with Crippen LogP contribution in [0.15, 0.2) is 67.1 Å². The smallest absolute Gasteiger partial charge is 0.322 e. The van der Waals surface area contributed by atoms with E-state index in [9.17, 15) is 4.79 Å². The maximum Gasteiger partial charge on any atom is 0.322 e. The monoisotopic (exact) mass is 332 g/mol. The van der Waals surface area contributed by atoms with Gasteiger partial charge in [-0.15, -0.1) is 0 Å². The Morgan fingerprint density at radius 3 is 2.72 bits per heavy atom. The van der Waals surface area contributed by atoms with E-state index in [1.807, 2.05) is 60.5 Å². The summed E-state index contributed by atoms with van der Waals surface area (Å²) in [5.74, 6) is 0. The van der Waals surface area contributed by atoms with Gasteiger partial charge in [-0.3, -0.25) is 4.98 Å². The van der Waals surface area contributed by atoms with Gasteiger partial charge in [-0.2, -0.15) is 0 Å². The Kier molecular flexibility index (Phi) is 3.98. The molecule has 0 fully saturated rings. The second-order valence-electron chi connectivity index (χ2n) is 6.30. The van der Waals surface area contributed by atoms with Crippen LogP contribution in [0.5, 0.6) is 0 Å². The molecule has 0 saturated heterocycles. The SMILES string of the molecule is Cc1ccc(NC(=O)N2CCn3cccc3[C@H]2c2cccnc2)cc1. The number of hydrogen-bond donors (Lipinski definition) is 1. The van der Waals surface area contributed by atoms with Crippen molar-refractivity contribution in [2.24, 2.45) is 0 Å². The summed E-state index contributed by atoms with van der Waals surface area (Å²) in [6.45, 7) is 3.47.